The molecule has 7 nitrogen and oxygen atoms in total. The largest absolute Gasteiger partial charge is 0.321 e. The molecule has 0 aliphatic heterocycles. The van der Waals surface area contributed by atoms with Gasteiger partial charge in [0, 0.05) is 18.0 Å². The molecule has 0 radical (unpaired) electrons. The number of rotatable bonds is 5. The second-order valence-corrected chi connectivity index (χ2v) is 7.43. The highest BCUT2D eigenvalue weighted by molar-refractivity contribution is 7.89. The summed E-state index contributed by atoms with van der Waals surface area (Å²) in [4.78, 5) is 21.4. The lowest BCUT2D eigenvalue weighted by molar-refractivity contribution is -0.0258. The van der Waals surface area contributed by atoms with Crippen LogP contribution in [0.5, 0.6) is 0 Å². The number of benzene rings is 2. The van der Waals surface area contributed by atoms with E-state index in [2.05, 4.69) is 10.3 Å². The highest BCUT2D eigenvalue weighted by atomic mass is 32.2. The fourth-order valence-corrected chi connectivity index (χ4v) is 3.34. The maximum atomic E-state index is 12.4. The minimum atomic E-state index is -3.75. The van der Waals surface area contributed by atoms with E-state index < -0.39 is 10.0 Å². The summed E-state index contributed by atoms with van der Waals surface area (Å²) in [6, 6.07) is 15.0. The van der Waals surface area contributed by atoms with Crippen molar-refractivity contribution < 1.29 is 18.0 Å². The molecule has 0 unspecified atom stereocenters. The van der Waals surface area contributed by atoms with Crippen LogP contribution in [0.15, 0.2) is 65.7 Å². The number of hydroxylamine groups is 1. The predicted molar refractivity (Wildman–Crippen MR) is 98.1 cm³/mol. The zero-order valence-electron chi connectivity index (χ0n) is 14.2. The Bertz CT molecular complexity index is 1050. The molecule has 3 rings (SSSR count). The second-order valence-electron chi connectivity index (χ2n) is 5.49. The van der Waals surface area contributed by atoms with Crippen LogP contribution < -0.4 is 5.32 Å². The Morgan fingerprint density at radius 1 is 1.12 bits per heavy atom. The van der Waals surface area contributed by atoms with Gasteiger partial charge in [0.1, 0.15) is 0 Å². The molecule has 0 atom stereocenters. The number of sulfonamides is 1. The van der Waals surface area contributed by atoms with Crippen molar-refractivity contribution in [3.8, 4) is 0 Å². The molecule has 1 N–H and O–H groups in total. The highest BCUT2D eigenvalue weighted by Gasteiger charge is 2.21. The lowest BCUT2D eigenvalue weighted by Crippen LogP contribution is -2.25. The summed E-state index contributed by atoms with van der Waals surface area (Å²) in [5.41, 5.74) is 1.73. The third-order valence-corrected chi connectivity index (χ3v) is 5.55. The van der Waals surface area contributed by atoms with Gasteiger partial charge in [0.05, 0.1) is 29.4 Å². The Labute approximate surface area is 151 Å². The topological polar surface area (TPSA) is 88.6 Å². The van der Waals surface area contributed by atoms with Crippen molar-refractivity contribution in [1.82, 2.24) is 9.45 Å². The number of amides is 1. The molecule has 0 fully saturated rings. The summed E-state index contributed by atoms with van der Waals surface area (Å²) >= 11 is 0. The molecule has 1 heterocycles. The van der Waals surface area contributed by atoms with Gasteiger partial charge in [-0.3, -0.25) is 14.6 Å². The Balaban J connectivity index is 1.79. The van der Waals surface area contributed by atoms with Gasteiger partial charge in [0.15, 0.2) is 0 Å². The molecule has 3 aromatic rings. The minimum Gasteiger partial charge on any atom is -0.321 e. The molecule has 2 aromatic carbocycles. The van der Waals surface area contributed by atoms with Gasteiger partial charge in [-0.15, -0.1) is 0 Å². The number of carbonyl (C=O) groups excluding carboxylic acids is 1. The SMILES string of the molecule is CON(C)S(=O)(=O)c1ccc(C(=O)Nc2cnc3ccccc3c2)cc1. The first-order valence-electron chi connectivity index (χ1n) is 7.71. The van der Waals surface area contributed by atoms with Crippen LogP contribution in [0.4, 0.5) is 5.69 Å². The monoisotopic (exact) mass is 371 g/mol. The van der Waals surface area contributed by atoms with E-state index in [-0.39, 0.29) is 10.8 Å². The maximum Gasteiger partial charge on any atom is 0.264 e. The van der Waals surface area contributed by atoms with E-state index in [1.165, 1.54) is 38.4 Å². The number of aromatic nitrogens is 1. The van der Waals surface area contributed by atoms with Crippen LogP contribution in [0, 0.1) is 0 Å². The number of para-hydroxylation sites is 1. The number of pyridine rings is 1. The molecule has 8 heteroatoms. The van der Waals surface area contributed by atoms with E-state index in [1.807, 2.05) is 30.3 Å². The normalized spacial score (nSPS) is 11.7. The zero-order valence-corrected chi connectivity index (χ0v) is 15.0. The molecule has 0 spiro atoms. The molecule has 0 saturated heterocycles. The Morgan fingerprint density at radius 3 is 2.50 bits per heavy atom. The first kappa shape index (κ1) is 18.0. The van der Waals surface area contributed by atoms with E-state index in [0.29, 0.717) is 11.3 Å². The van der Waals surface area contributed by atoms with Crippen molar-refractivity contribution in [2.45, 2.75) is 4.90 Å². The molecule has 0 saturated carbocycles. The predicted octanol–water partition coefficient (Wildman–Crippen LogP) is 2.67. The first-order valence-corrected chi connectivity index (χ1v) is 9.15. The first-order chi connectivity index (χ1) is 12.4. The van der Waals surface area contributed by atoms with Crippen molar-refractivity contribution in [1.29, 1.82) is 0 Å². The molecule has 26 heavy (non-hydrogen) atoms. The third-order valence-electron chi connectivity index (χ3n) is 3.86. The number of fused-ring (bicyclic) bond motifs is 1. The molecular formula is C18H17N3O4S. The summed E-state index contributed by atoms with van der Waals surface area (Å²) in [7, 11) is -1.19. The number of carbonyl (C=O) groups is 1. The van der Waals surface area contributed by atoms with Crippen LogP contribution in [0.25, 0.3) is 10.9 Å². The smallest absolute Gasteiger partial charge is 0.264 e. The van der Waals surface area contributed by atoms with E-state index in [4.69, 9.17) is 4.84 Å². The van der Waals surface area contributed by atoms with Crippen LogP contribution >= 0.6 is 0 Å². The Hall–Kier alpha value is -2.81. The van der Waals surface area contributed by atoms with Crippen molar-refractivity contribution in [3.05, 3.63) is 66.4 Å². The van der Waals surface area contributed by atoms with Gasteiger partial charge >= 0.3 is 0 Å². The van der Waals surface area contributed by atoms with Crippen LogP contribution in [0.2, 0.25) is 0 Å². The lowest BCUT2D eigenvalue weighted by atomic mass is 10.2. The molecule has 0 aliphatic rings. The van der Waals surface area contributed by atoms with Gasteiger partial charge in [0.25, 0.3) is 15.9 Å². The average molecular weight is 371 g/mol. The quantitative estimate of drug-likeness (QED) is 0.697. The minimum absolute atomic E-state index is 0.0331. The Morgan fingerprint density at radius 2 is 1.81 bits per heavy atom. The van der Waals surface area contributed by atoms with E-state index in [0.717, 1.165) is 15.4 Å². The number of anilines is 1. The molecular weight excluding hydrogens is 354 g/mol. The molecule has 0 aliphatic carbocycles. The van der Waals surface area contributed by atoms with Crippen molar-refractivity contribution in [2.75, 3.05) is 19.5 Å². The van der Waals surface area contributed by atoms with Crippen LogP contribution in [-0.4, -0.2) is 37.9 Å². The lowest BCUT2D eigenvalue weighted by Gasteiger charge is -2.14. The zero-order chi connectivity index (χ0) is 18.7. The van der Waals surface area contributed by atoms with Gasteiger partial charge in [-0.2, -0.15) is 0 Å². The van der Waals surface area contributed by atoms with Crippen LogP contribution in [-0.2, 0) is 14.9 Å². The standard InChI is InChI=1S/C18H17N3O4S/c1-21(25-2)26(23,24)16-9-7-13(8-10-16)18(22)20-15-11-14-5-3-4-6-17(14)19-12-15/h3-12H,1-2H3,(H,20,22). The highest BCUT2D eigenvalue weighted by Crippen LogP contribution is 2.18. The van der Waals surface area contributed by atoms with Crippen LogP contribution in [0.1, 0.15) is 10.4 Å². The van der Waals surface area contributed by atoms with Crippen molar-refractivity contribution >= 4 is 32.5 Å². The Kier molecular flexibility index (Phi) is 4.99. The number of hydrogen-bond acceptors (Lipinski definition) is 5. The number of nitrogens with zero attached hydrogens (tertiary/aromatic N) is 2. The third kappa shape index (κ3) is 3.57. The van der Waals surface area contributed by atoms with Crippen molar-refractivity contribution in [3.63, 3.8) is 0 Å². The van der Waals surface area contributed by atoms with Gasteiger partial charge in [-0.25, -0.2) is 8.42 Å². The van der Waals surface area contributed by atoms with Crippen LogP contribution in [0.3, 0.4) is 0 Å². The van der Waals surface area contributed by atoms with E-state index >= 15 is 0 Å². The van der Waals surface area contributed by atoms with E-state index in [1.54, 1.807) is 6.20 Å². The fourth-order valence-electron chi connectivity index (χ4n) is 2.37. The summed E-state index contributed by atoms with van der Waals surface area (Å²) in [5, 5.41) is 3.67. The molecule has 0 bridgehead atoms. The molecule has 134 valence electrons. The maximum absolute atomic E-state index is 12.4. The summed E-state index contributed by atoms with van der Waals surface area (Å²) in [6.07, 6.45) is 1.58. The molecule has 1 amide bonds. The number of nitrogens with one attached hydrogen (secondary N) is 1. The van der Waals surface area contributed by atoms with Gasteiger partial charge in [-0.05, 0) is 36.4 Å². The van der Waals surface area contributed by atoms with Crippen molar-refractivity contribution in [2.24, 2.45) is 0 Å². The summed E-state index contributed by atoms with van der Waals surface area (Å²) in [6.45, 7) is 0. The summed E-state index contributed by atoms with van der Waals surface area (Å²) in [5.74, 6) is -0.355. The van der Waals surface area contributed by atoms with Gasteiger partial charge in [0.2, 0.25) is 0 Å². The molecule has 1 aromatic heterocycles. The summed E-state index contributed by atoms with van der Waals surface area (Å²) < 4.78 is 25.1. The average Bonchev–Trinajstić information content (AvgIpc) is 2.67. The van der Waals surface area contributed by atoms with Gasteiger partial charge < -0.3 is 5.32 Å². The fraction of sp³-hybridized carbons (Fsp3) is 0.111. The number of hydrogen-bond donors (Lipinski definition) is 1. The van der Waals surface area contributed by atoms with Gasteiger partial charge in [-0.1, -0.05) is 22.7 Å². The second kappa shape index (κ2) is 7.20. The van der Waals surface area contributed by atoms with E-state index in [9.17, 15) is 13.2 Å².